The molecule has 5 nitrogen and oxygen atoms in total. The molecule has 1 aromatic carbocycles. The molecule has 0 saturated heterocycles. The van der Waals surface area contributed by atoms with Crippen LogP contribution < -0.4 is 5.32 Å². The smallest absolute Gasteiger partial charge is 0.220 e. The summed E-state index contributed by atoms with van der Waals surface area (Å²) in [5.41, 5.74) is 1.25. The fourth-order valence-corrected chi connectivity index (χ4v) is 2.67. The van der Waals surface area contributed by atoms with Crippen LogP contribution in [-0.4, -0.2) is 33.4 Å². The third-order valence-electron chi connectivity index (χ3n) is 3.00. The van der Waals surface area contributed by atoms with Crippen LogP contribution in [0.1, 0.15) is 24.2 Å². The van der Waals surface area contributed by atoms with Crippen molar-refractivity contribution in [3.05, 3.63) is 42.0 Å². The van der Waals surface area contributed by atoms with E-state index in [-0.39, 0.29) is 5.91 Å². The summed E-state index contributed by atoms with van der Waals surface area (Å²) >= 11 is 1.71. The molecule has 1 amide bonds. The van der Waals surface area contributed by atoms with Gasteiger partial charge in [0.05, 0.1) is 0 Å². The molecule has 2 rings (SSSR count). The van der Waals surface area contributed by atoms with Gasteiger partial charge in [0.1, 0.15) is 12.2 Å². The van der Waals surface area contributed by atoms with E-state index in [9.17, 15) is 4.79 Å². The van der Waals surface area contributed by atoms with E-state index in [1.54, 1.807) is 11.8 Å². The lowest BCUT2D eigenvalue weighted by Gasteiger charge is -2.05. The van der Waals surface area contributed by atoms with Crippen molar-refractivity contribution in [2.45, 2.75) is 31.1 Å². The molecule has 1 aromatic heterocycles. The highest BCUT2D eigenvalue weighted by Crippen LogP contribution is 2.18. The van der Waals surface area contributed by atoms with E-state index in [1.165, 1.54) is 16.8 Å². The molecule has 2 N–H and O–H groups in total. The van der Waals surface area contributed by atoms with Gasteiger partial charge in [0.15, 0.2) is 0 Å². The normalized spacial score (nSPS) is 10.5. The number of carbonyl (C=O) groups excluding carboxylic acids is 1. The molecule has 0 aliphatic carbocycles. The van der Waals surface area contributed by atoms with Gasteiger partial charge in [0.2, 0.25) is 5.91 Å². The van der Waals surface area contributed by atoms with Gasteiger partial charge in [0, 0.05) is 30.0 Å². The highest BCUT2D eigenvalue weighted by molar-refractivity contribution is 7.99. The number of aromatic amines is 1. The molecule has 0 aliphatic heterocycles. The maximum absolute atomic E-state index is 11.7. The second-order valence-corrected chi connectivity index (χ2v) is 5.97. The zero-order valence-electron chi connectivity index (χ0n) is 12.1. The third kappa shape index (κ3) is 5.99. The number of aryl methyl sites for hydroxylation is 2. The van der Waals surface area contributed by atoms with Gasteiger partial charge in [-0.1, -0.05) is 17.7 Å². The van der Waals surface area contributed by atoms with Crippen molar-refractivity contribution in [3.8, 4) is 0 Å². The van der Waals surface area contributed by atoms with E-state index in [2.05, 4.69) is 51.7 Å². The van der Waals surface area contributed by atoms with E-state index in [0.29, 0.717) is 13.0 Å². The number of carbonyl (C=O) groups is 1. The molecule has 21 heavy (non-hydrogen) atoms. The Balaban J connectivity index is 1.54. The Labute approximate surface area is 128 Å². The number of rotatable bonds is 8. The number of hydrogen-bond donors (Lipinski definition) is 2. The molecule has 6 heteroatoms. The molecule has 0 spiro atoms. The number of aromatic nitrogens is 3. The van der Waals surface area contributed by atoms with Crippen molar-refractivity contribution in [3.63, 3.8) is 0 Å². The molecule has 0 radical (unpaired) electrons. The lowest BCUT2D eigenvalue weighted by molar-refractivity contribution is -0.120. The Morgan fingerprint density at radius 2 is 2.14 bits per heavy atom. The average molecular weight is 304 g/mol. The van der Waals surface area contributed by atoms with Crippen molar-refractivity contribution < 1.29 is 4.79 Å². The Bertz CT molecular complexity index is 539. The number of H-pyrrole nitrogens is 1. The Hall–Kier alpha value is -1.82. The summed E-state index contributed by atoms with van der Waals surface area (Å²) in [5.74, 6) is 1.77. The zero-order chi connectivity index (χ0) is 14.9. The fraction of sp³-hybridized carbons (Fsp3) is 0.400. The minimum Gasteiger partial charge on any atom is -0.356 e. The first-order valence-electron chi connectivity index (χ1n) is 7.04. The first-order valence-corrected chi connectivity index (χ1v) is 8.03. The fourth-order valence-electron chi connectivity index (χ4n) is 1.82. The van der Waals surface area contributed by atoms with Crippen molar-refractivity contribution in [2.24, 2.45) is 0 Å². The van der Waals surface area contributed by atoms with Gasteiger partial charge in [-0.15, -0.1) is 11.8 Å². The Morgan fingerprint density at radius 3 is 2.86 bits per heavy atom. The summed E-state index contributed by atoms with van der Waals surface area (Å²) in [4.78, 5) is 16.9. The van der Waals surface area contributed by atoms with E-state index in [4.69, 9.17) is 0 Å². The monoisotopic (exact) mass is 304 g/mol. The van der Waals surface area contributed by atoms with Crippen LogP contribution >= 0.6 is 11.8 Å². The predicted molar refractivity (Wildman–Crippen MR) is 84.2 cm³/mol. The number of amides is 1. The highest BCUT2D eigenvalue weighted by atomic mass is 32.2. The first-order chi connectivity index (χ1) is 10.2. The molecule has 1 heterocycles. The molecule has 0 bridgehead atoms. The topological polar surface area (TPSA) is 70.7 Å². The largest absolute Gasteiger partial charge is 0.356 e. The van der Waals surface area contributed by atoms with Gasteiger partial charge in [-0.2, -0.15) is 5.10 Å². The number of benzene rings is 1. The minimum absolute atomic E-state index is 0.104. The van der Waals surface area contributed by atoms with Crippen molar-refractivity contribution in [1.82, 2.24) is 20.5 Å². The average Bonchev–Trinajstić information content (AvgIpc) is 2.99. The minimum atomic E-state index is 0.104. The summed E-state index contributed by atoms with van der Waals surface area (Å²) in [5, 5.41) is 9.52. The molecule has 2 aromatic rings. The summed E-state index contributed by atoms with van der Waals surface area (Å²) in [6.07, 6.45) is 3.71. The number of thioether (sulfide) groups is 1. The zero-order valence-corrected chi connectivity index (χ0v) is 12.9. The van der Waals surface area contributed by atoms with E-state index in [0.717, 1.165) is 24.4 Å². The van der Waals surface area contributed by atoms with Crippen LogP contribution in [0.4, 0.5) is 0 Å². The Morgan fingerprint density at radius 1 is 1.33 bits per heavy atom. The van der Waals surface area contributed by atoms with E-state index in [1.807, 2.05) is 0 Å². The quantitative estimate of drug-likeness (QED) is 0.580. The van der Waals surface area contributed by atoms with E-state index >= 15 is 0 Å². The third-order valence-corrected chi connectivity index (χ3v) is 4.01. The van der Waals surface area contributed by atoms with Crippen molar-refractivity contribution >= 4 is 17.7 Å². The lowest BCUT2D eigenvalue weighted by atomic mass is 10.2. The maximum atomic E-state index is 11.7. The van der Waals surface area contributed by atoms with Gasteiger partial charge in [-0.3, -0.25) is 9.89 Å². The molecule has 0 unspecified atom stereocenters. The van der Waals surface area contributed by atoms with Crippen LogP contribution in [0.2, 0.25) is 0 Å². The maximum Gasteiger partial charge on any atom is 0.220 e. The second-order valence-electron chi connectivity index (χ2n) is 4.80. The van der Waals surface area contributed by atoms with Gasteiger partial charge >= 0.3 is 0 Å². The first kappa shape index (κ1) is 15.6. The summed E-state index contributed by atoms with van der Waals surface area (Å²) in [6.45, 7) is 2.75. The summed E-state index contributed by atoms with van der Waals surface area (Å²) in [7, 11) is 0. The lowest BCUT2D eigenvalue weighted by Crippen LogP contribution is -2.25. The van der Waals surface area contributed by atoms with Gasteiger partial charge < -0.3 is 5.32 Å². The van der Waals surface area contributed by atoms with Gasteiger partial charge in [-0.25, -0.2) is 4.98 Å². The van der Waals surface area contributed by atoms with Gasteiger partial charge in [-0.05, 0) is 25.5 Å². The summed E-state index contributed by atoms with van der Waals surface area (Å²) < 4.78 is 0. The standard InChI is InChI=1S/C15H20N4OS/c1-12-4-6-13(7-5-12)21-10-8-15(20)16-9-2-3-14-17-11-18-19-14/h4-7,11H,2-3,8-10H2,1H3,(H,16,20)(H,17,18,19). The molecular formula is C15H20N4OS. The van der Waals surface area contributed by atoms with Crippen LogP contribution in [0.5, 0.6) is 0 Å². The second kappa shape index (κ2) is 8.46. The molecule has 0 fully saturated rings. The van der Waals surface area contributed by atoms with Crippen LogP contribution in [0, 0.1) is 6.92 Å². The van der Waals surface area contributed by atoms with E-state index < -0.39 is 0 Å². The van der Waals surface area contributed by atoms with Crippen LogP contribution in [-0.2, 0) is 11.2 Å². The summed E-state index contributed by atoms with van der Waals surface area (Å²) in [6, 6.07) is 8.36. The number of nitrogens with zero attached hydrogens (tertiary/aromatic N) is 2. The van der Waals surface area contributed by atoms with Crippen molar-refractivity contribution in [1.29, 1.82) is 0 Å². The van der Waals surface area contributed by atoms with Crippen LogP contribution in [0.15, 0.2) is 35.5 Å². The Kier molecular flexibility index (Phi) is 6.27. The molecular weight excluding hydrogens is 284 g/mol. The number of hydrogen-bond acceptors (Lipinski definition) is 4. The van der Waals surface area contributed by atoms with Gasteiger partial charge in [0.25, 0.3) is 0 Å². The van der Waals surface area contributed by atoms with Crippen molar-refractivity contribution in [2.75, 3.05) is 12.3 Å². The predicted octanol–water partition coefficient (Wildman–Crippen LogP) is 2.34. The molecule has 0 aliphatic rings. The molecule has 0 saturated carbocycles. The number of nitrogens with one attached hydrogen (secondary N) is 2. The van der Waals surface area contributed by atoms with Crippen LogP contribution in [0.25, 0.3) is 0 Å². The highest BCUT2D eigenvalue weighted by Gasteiger charge is 2.02. The molecule has 112 valence electrons. The van der Waals surface area contributed by atoms with Crippen LogP contribution in [0.3, 0.4) is 0 Å². The molecule has 0 atom stereocenters. The SMILES string of the molecule is Cc1ccc(SCCC(=O)NCCCc2ncn[nH]2)cc1.